The van der Waals surface area contributed by atoms with Crippen LogP contribution in [0.1, 0.15) is 0 Å². The van der Waals surface area contributed by atoms with E-state index in [-0.39, 0.29) is 28.9 Å². The highest BCUT2D eigenvalue weighted by molar-refractivity contribution is 14.0. The lowest BCUT2D eigenvalue weighted by Crippen LogP contribution is -2.02. The zero-order chi connectivity index (χ0) is 15.9. The van der Waals surface area contributed by atoms with E-state index in [9.17, 15) is 13.0 Å². The van der Waals surface area contributed by atoms with E-state index in [2.05, 4.69) is 0 Å². The second-order valence-corrected chi connectivity index (χ2v) is 6.16. The molecule has 3 aromatic rings. The first-order valence-corrected chi connectivity index (χ1v) is 7.96. The SMILES string of the molecule is COc1c2ccccc2c(OC)c2c(S(=O)(=O)O)cccc12.I. The predicted molar refractivity (Wildman–Crippen MR) is 99.8 cm³/mol. The number of halogens is 1. The fraction of sp³-hybridized carbons (Fsp3) is 0.125. The van der Waals surface area contributed by atoms with E-state index in [1.54, 1.807) is 12.1 Å². The average molecular weight is 446 g/mol. The quantitative estimate of drug-likeness (QED) is 0.376. The fourth-order valence-electron chi connectivity index (χ4n) is 2.76. The van der Waals surface area contributed by atoms with Gasteiger partial charge in [0.2, 0.25) is 0 Å². The Hall–Kier alpha value is -1.58. The highest BCUT2D eigenvalue weighted by Gasteiger charge is 2.22. The Bertz CT molecular complexity index is 983. The van der Waals surface area contributed by atoms with Gasteiger partial charge in [0.1, 0.15) is 16.4 Å². The molecular formula is C16H15IO5S. The summed E-state index contributed by atoms with van der Waals surface area (Å²) in [4.78, 5) is -0.203. The maximum absolute atomic E-state index is 11.7. The molecule has 0 fully saturated rings. The molecule has 7 heteroatoms. The molecule has 0 aliphatic carbocycles. The first kappa shape index (κ1) is 17.8. The maximum Gasteiger partial charge on any atom is 0.295 e. The van der Waals surface area contributed by atoms with Gasteiger partial charge in [0.25, 0.3) is 10.1 Å². The molecule has 0 bridgehead atoms. The van der Waals surface area contributed by atoms with Crippen molar-refractivity contribution < 1.29 is 22.4 Å². The van der Waals surface area contributed by atoms with Gasteiger partial charge >= 0.3 is 0 Å². The Kier molecular flexibility index (Phi) is 5.02. The van der Waals surface area contributed by atoms with Crippen LogP contribution in [-0.2, 0) is 10.1 Å². The summed E-state index contributed by atoms with van der Waals surface area (Å²) in [5.41, 5.74) is 0. The van der Waals surface area contributed by atoms with Crippen molar-refractivity contribution >= 4 is 55.6 Å². The molecule has 23 heavy (non-hydrogen) atoms. The van der Waals surface area contributed by atoms with Gasteiger partial charge in [-0.3, -0.25) is 4.55 Å². The smallest absolute Gasteiger partial charge is 0.295 e. The molecule has 122 valence electrons. The molecule has 3 aromatic carbocycles. The summed E-state index contributed by atoms with van der Waals surface area (Å²) >= 11 is 0. The lowest BCUT2D eigenvalue weighted by Gasteiger charge is -2.16. The third kappa shape index (κ3) is 2.84. The van der Waals surface area contributed by atoms with Crippen molar-refractivity contribution in [3.05, 3.63) is 42.5 Å². The number of hydrogen-bond donors (Lipinski definition) is 1. The van der Waals surface area contributed by atoms with Crippen molar-refractivity contribution in [2.45, 2.75) is 4.90 Å². The number of ether oxygens (including phenoxy) is 2. The second kappa shape index (κ2) is 6.50. The minimum atomic E-state index is -4.39. The van der Waals surface area contributed by atoms with Crippen molar-refractivity contribution in [2.24, 2.45) is 0 Å². The van der Waals surface area contributed by atoms with Crippen molar-refractivity contribution in [1.82, 2.24) is 0 Å². The number of benzene rings is 3. The van der Waals surface area contributed by atoms with Gasteiger partial charge in [-0.25, -0.2) is 0 Å². The molecule has 5 nitrogen and oxygen atoms in total. The molecular weight excluding hydrogens is 431 g/mol. The van der Waals surface area contributed by atoms with Crippen LogP contribution >= 0.6 is 24.0 Å². The van der Waals surface area contributed by atoms with Crippen LogP contribution in [0.5, 0.6) is 11.5 Å². The summed E-state index contributed by atoms with van der Waals surface area (Å²) in [7, 11) is -1.40. The van der Waals surface area contributed by atoms with E-state index in [0.717, 1.165) is 5.39 Å². The number of rotatable bonds is 3. The molecule has 3 rings (SSSR count). The third-order valence-electron chi connectivity index (χ3n) is 3.60. The number of methoxy groups -OCH3 is 2. The summed E-state index contributed by atoms with van der Waals surface area (Å²) in [6, 6.07) is 12.0. The van der Waals surface area contributed by atoms with Gasteiger partial charge < -0.3 is 9.47 Å². The van der Waals surface area contributed by atoms with Crippen LogP contribution in [0.2, 0.25) is 0 Å². The van der Waals surface area contributed by atoms with Crippen molar-refractivity contribution in [1.29, 1.82) is 0 Å². The first-order valence-electron chi connectivity index (χ1n) is 6.52. The number of fused-ring (bicyclic) bond motifs is 2. The van der Waals surface area contributed by atoms with Gasteiger partial charge in [-0.05, 0) is 6.07 Å². The first-order chi connectivity index (χ1) is 10.5. The normalized spacial score (nSPS) is 11.3. The molecule has 0 heterocycles. The van der Waals surface area contributed by atoms with Gasteiger partial charge in [-0.1, -0.05) is 36.4 Å². The van der Waals surface area contributed by atoms with Crippen LogP contribution in [0, 0.1) is 0 Å². The topological polar surface area (TPSA) is 72.8 Å². The van der Waals surface area contributed by atoms with Gasteiger partial charge in [0.05, 0.1) is 14.2 Å². The Morgan fingerprint density at radius 3 is 1.87 bits per heavy atom. The summed E-state index contributed by atoms with van der Waals surface area (Å²) in [6.45, 7) is 0. The summed E-state index contributed by atoms with van der Waals surface area (Å²) in [6.07, 6.45) is 0. The van der Waals surface area contributed by atoms with Gasteiger partial charge in [-0.2, -0.15) is 8.42 Å². The molecule has 1 N–H and O–H groups in total. The Morgan fingerprint density at radius 1 is 0.826 bits per heavy atom. The zero-order valence-corrected chi connectivity index (χ0v) is 15.6. The average Bonchev–Trinajstić information content (AvgIpc) is 2.50. The molecule has 0 saturated carbocycles. The second-order valence-electron chi connectivity index (χ2n) is 4.77. The van der Waals surface area contributed by atoms with Crippen LogP contribution in [-0.4, -0.2) is 27.2 Å². The predicted octanol–water partition coefficient (Wildman–Crippen LogP) is 3.87. The Balaban J connectivity index is 0.00000192. The molecule has 0 aliphatic heterocycles. The molecule has 0 saturated heterocycles. The van der Waals surface area contributed by atoms with E-state index in [1.807, 2.05) is 24.3 Å². The monoisotopic (exact) mass is 446 g/mol. The van der Waals surface area contributed by atoms with Gasteiger partial charge in [0.15, 0.2) is 0 Å². The van der Waals surface area contributed by atoms with Crippen LogP contribution < -0.4 is 9.47 Å². The van der Waals surface area contributed by atoms with E-state index in [4.69, 9.17) is 9.47 Å². The van der Waals surface area contributed by atoms with Crippen LogP contribution in [0.15, 0.2) is 47.4 Å². The minimum absolute atomic E-state index is 0. The zero-order valence-electron chi connectivity index (χ0n) is 12.4. The van der Waals surface area contributed by atoms with E-state index in [1.165, 1.54) is 20.3 Å². The molecule has 0 spiro atoms. The number of hydrogen-bond acceptors (Lipinski definition) is 4. The molecule has 0 radical (unpaired) electrons. The van der Waals surface area contributed by atoms with Crippen LogP contribution in [0.3, 0.4) is 0 Å². The molecule has 0 amide bonds. The lowest BCUT2D eigenvalue weighted by molar-refractivity contribution is 0.417. The van der Waals surface area contributed by atoms with E-state index < -0.39 is 10.1 Å². The fourth-order valence-corrected chi connectivity index (χ4v) is 3.47. The highest BCUT2D eigenvalue weighted by Crippen LogP contribution is 2.44. The molecule has 0 aromatic heterocycles. The Labute approximate surface area is 151 Å². The molecule has 0 atom stereocenters. The summed E-state index contributed by atoms with van der Waals surface area (Å²) in [5, 5.41) is 2.39. The van der Waals surface area contributed by atoms with Crippen LogP contribution in [0.25, 0.3) is 21.5 Å². The van der Waals surface area contributed by atoms with Gasteiger partial charge in [-0.15, -0.1) is 24.0 Å². The third-order valence-corrected chi connectivity index (χ3v) is 4.50. The molecule has 0 unspecified atom stereocenters. The van der Waals surface area contributed by atoms with E-state index in [0.29, 0.717) is 27.7 Å². The molecule has 0 aliphatic rings. The minimum Gasteiger partial charge on any atom is -0.495 e. The highest BCUT2D eigenvalue weighted by atomic mass is 127. The van der Waals surface area contributed by atoms with Crippen LogP contribution in [0.4, 0.5) is 0 Å². The largest absolute Gasteiger partial charge is 0.495 e. The summed E-state index contributed by atoms with van der Waals surface area (Å²) in [5.74, 6) is 0.927. The van der Waals surface area contributed by atoms with Crippen molar-refractivity contribution in [3.8, 4) is 11.5 Å². The van der Waals surface area contributed by atoms with Crippen molar-refractivity contribution in [2.75, 3.05) is 14.2 Å². The standard InChI is InChI=1S/C16H14O5S.HI/c1-20-15-10-6-3-4-7-11(10)16(21-2)14-12(15)8-5-9-13(14)22(17,18)19;/h3-9H,1-2H3,(H,17,18,19);1H. The van der Waals surface area contributed by atoms with E-state index >= 15 is 0 Å². The van der Waals surface area contributed by atoms with Crippen molar-refractivity contribution in [3.63, 3.8) is 0 Å². The summed E-state index contributed by atoms with van der Waals surface area (Å²) < 4.78 is 43.9. The Morgan fingerprint density at radius 2 is 1.35 bits per heavy atom. The maximum atomic E-state index is 11.7. The van der Waals surface area contributed by atoms with Gasteiger partial charge in [0, 0.05) is 21.5 Å². The lowest BCUT2D eigenvalue weighted by atomic mass is 10.0.